The molecule has 72 valence electrons. The molecule has 0 aromatic carbocycles. The fourth-order valence-electron chi connectivity index (χ4n) is 2.23. The van der Waals surface area contributed by atoms with Gasteiger partial charge in [-0.05, 0) is 12.8 Å². The summed E-state index contributed by atoms with van der Waals surface area (Å²) in [6.07, 6.45) is 6.92. The van der Waals surface area contributed by atoms with Gasteiger partial charge in [0.25, 0.3) is 0 Å². The Balaban J connectivity index is 2.09. The Labute approximate surface area is 77.4 Å². The molecule has 3 nitrogen and oxygen atoms in total. The van der Waals surface area contributed by atoms with Gasteiger partial charge in [-0.2, -0.15) is 0 Å². The van der Waals surface area contributed by atoms with E-state index in [1.165, 1.54) is 6.42 Å². The molecule has 1 spiro atoms. The Morgan fingerprint density at radius 3 is 1.77 bits per heavy atom. The maximum absolute atomic E-state index is 11.2. The molecule has 13 heavy (non-hydrogen) atoms. The molecule has 1 saturated heterocycles. The first kappa shape index (κ1) is 8.73. The highest BCUT2D eigenvalue weighted by molar-refractivity contribution is 6.13. The number of hydrogen-bond donors (Lipinski definition) is 0. The molecule has 0 bridgehead atoms. The van der Waals surface area contributed by atoms with E-state index in [1.54, 1.807) is 0 Å². The smallest absolute Gasteiger partial charge is 0.331 e. The van der Waals surface area contributed by atoms with E-state index in [1.807, 2.05) is 0 Å². The number of cyclic esters (lactones) is 2. The molecule has 1 saturated carbocycles. The van der Waals surface area contributed by atoms with Gasteiger partial charge in [0.15, 0.2) is 5.41 Å². The molecule has 0 aromatic heterocycles. The summed E-state index contributed by atoms with van der Waals surface area (Å²) in [6.45, 7) is 0. The van der Waals surface area contributed by atoms with Gasteiger partial charge in [-0.25, -0.2) is 0 Å². The lowest BCUT2D eigenvalue weighted by Gasteiger charge is -2.37. The van der Waals surface area contributed by atoms with Crippen molar-refractivity contribution in [1.82, 2.24) is 0 Å². The molecular weight excluding hydrogens is 168 g/mol. The third kappa shape index (κ3) is 1.26. The molecule has 1 aliphatic carbocycles. The van der Waals surface area contributed by atoms with E-state index in [0.717, 1.165) is 25.7 Å². The second-order valence-electron chi connectivity index (χ2n) is 4.03. The molecule has 3 heteroatoms. The highest BCUT2D eigenvalue weighted by Gasteiger charge is 2.57. The molecule has 0 atom stereocenters. The second kappa shape index (κ2) is 3.13. The van der Waals surface area contributed by atoms with Crippen molar-refractivity contribution in [3.63, 3.8) is 0 Å². The van der Waals surface area contributed by atoms with Gasteiger partial charge in [-0.3, -0.25) is 9.59 Å². The summed E-state index contributed by atoms with van der Waals surface area (Å²) < 4.78 is 4.45. The molecule has 0 aromatic rings. The summed E-state index contributed by atoms with van der Waals surface area (Å²) >= 11 is 0. The van der Waals surface area contributed by atoms with Crippen molar-refractivity contribution in [2.24, 2.45) is 5.41 Å². The largest absolute Gasteiger partial charge is 0.391 e. The first-order valence-corrected chi connectivity index (χ1v) is 5.02. The minimum absolute atomic E-state index is 0.278. The number of esters is 2. The van der Waals surface area contributed by atoms with Gasteiger partial charge in [-0.1, -0.05) is 32.1 Å². The molecule has 0 unspecified atom stereocenters. The van der Waals surface area contributed by atoms with Crippen LogP contribution in [-0.4, -0.2) is 11.9 Å². The van der Waals surface area contributed by atoms with Gasteiger partial charge in [0.05, 0.1) is 0 Å². The third-order valence-corrected chi connectivity index (χ3v) is 3.17. The first-order chi connectivity index (χ1) is 6.26. The molecule has 1 heterocycles. The minimum Gasteiger partial charge on any atom is -0.391 e. The topological polar surface area (TPSA) is 43.4 Å². The lowest BCUT2D eigenvalue weighted by atomic mass is 9.73. The molecule has 0 radical (unpaired) electrons. The van der Waals surface area contributed by atoms with Gasteiger partial charge in [0, 0.05) is 0 Å². The summed E-state index contributed by atoms with van der Waals surface area (Å²) in [5.41, 5.74) is -0.708. The van der Waals surface area contributed by atoms with Crippen LogP contribution in [0.1, 0.15) is 44.9 Å². The van der Waals surface area contributed by atoms with E-state index in [4.69, 9.17) is 0 Å². The predicted molar refractivity (Wildman–Crippen MR) is 45.9 cm³/mol. The van der Waals surface area contributed by atoms with Gasteiger partial charge in [0.1, 0.15) is 0 Å². The maximum Gasteiger partial charge on any atom is 0.331 e. The third-order valence-electron chi connectivity index (χ3n) is 3.17. The van der Waals surface area contributed by atoms with Crippen LogP contribution >= 0.6 is 0 Å². The zero-order chi connectivity index (χ0) is 9.31. The van der Waals surface area contributed by atoms with Crippen molar-refractivity contribution in [1.29, 1.82) is 0 Å². The van der Waals surface area contributed by atoms with E-state index in [0.29, 0.717) is 12.8 Å². The summed E-state index contributed by atoms with van der Waals surface area (Å²) in [6, 6.07) is 0. The molecule has 2 fully saturated rings. The Morgan fingerprint density at radius 2 is 1.31 bits per heavy atom. The quantitative estimate of drug-likeness (QED) is 0.424. The van der Waals surface area contributed by atoms with Crippen molar-refractivity contribution < 1.29 is 14.3 Å². The highest BCUT2D eigenvalue weighted by Crippen LogP contribution is 2.42. The molecular formula is C10H14O3. The van der Waals surface area contributed by atoms with Gasteiger partial charge in [0.2, 0.25) is 0 Å². The van der Waals surface area contributed by atoms with Gasteiger partial charge in [-0.15, -0.1) is 0 Å². The summed E-state index contributed by atoms with van der Waals surface area (Å²) in [5, 5.41) is 0. The molecule has 2 aliphatic rings. The van der Waals surface area contributed by atoms with E-state index >= 15 is 0 Å². The van der Waals surface area contributed by atoms with E-state index in [-0.39, 0.29) is 11.9 Å². The van der Waals surface area contributed by atoms with Crippen LogP contribution in [0.5, 0.6) is 0 Å². The molecule has 1 aliphatic heterocycles. The van der Waals surface area contributed by atoms with Crippen molar-refractivity contribution >= 4 is 11.9 Å². The van der Waals surface area contributed by atoms with Crippen LogP contribution in [0.3, 0.4) is 0 Å². The van der Waals surface area contributed by atoms with E-state index in [2.05, 4.69) is 4.74 Å². The minimum atomic E-state index is -0.708. The fraction of sp³-hybridized carbons (Fsp3) is 0.800. The van der Waals surface area contributed by atoms with E-state index < -0.39 is 5.41 Å². The average molecular weight is 182 g/mol. The number of ether oxygens (including phenoxy) is 1. The monoisotopic (exact) mass is 182 g/mol. The van der Waals surface area contributed by atoms with E-state index in [9.17, 15) is 9.59 Å². The standard InChI is InChI=1S/C10H14O3/c11-8-10(9(12)13-8)6-4-2-1-3-5-7-10/h1-7H2. The van der Waals surface area contributed by atoms with Crippen LogP contribution < -0.4 is 0 Å². The summed E-state index contributed by atoms with van der Waals surface area (Å²) in [7, 11) is 0. The van der Waals surface area contributed by atoms with Crippen LogP contribution in [-0.2, 0) is 14.3 Å². The van der Waals surface area contributed by atoms with Crippen LogP contribution in [0.4, 0.5) is 0 Å². The van der Waals surface area contributed by atoms with Crippen molar-refractivity contribution in [2.45, 2.75) is 44.9 Å². The summed E-state index contributed by atoms with van der Waals surface area (Å²) in [4.78, 5) is 22.5. The van der Waals surface area contributed by atoms with Gasteiger partial charge >= 0.3 is 11.9 Å². The Hall–Kier alpha value is -0.860. The van der Waals surface area contributed by atoms with Crippen molar-refractivity contribution in [2.75, 3.05) is 0 Å². The number of hydrogen-bond acceptors (Lipinski definition) is 3. The number of rotatable bonds is 0. The number of carbonyl (C=O) groups excluding carboxylic acids is 2. The zero-order valence-corrected chi connectivity index (χ0v) is 7.67. The normalized spacial score (nSPS) is 27.4. The molecule has 2 rings (SSSR count). The Morgan fingerprint density at radius 1 is 0.846 bits per heavy atom. The zero-order valence-electron chi connectivity index (χ0n) is 7.67. The van der Waals surface area contributed by atoms with Crippen LogP contribution in [0, 0.1) is 5.41 Å². The summed E-state index contributed by atoms with van der Waals surface area (Å²) in [5.74, 6) is -0.557. The van der Waals surface area contributed by atoms with Crippen LogP contribution in [0.2, 0.25) is 0 Å². The molecule has 0 amide bonds. The first-order valence-electron chi connectivity index (χ1n) is 5.02. The maximum atomic E-state index is 11.2. The average Bonchev–Trinajstić information content (AvgIpc) is 2.03. The van der Waals surface area contributed by atoms with Crippen LogP contribution in [0.25, 0.3) is 0 Å². The fourth-order valence-corrected chi connectivity index (χ4v) is 2.23. The van der Waals surface area contributed by atoms with Crippen LogP contribution in [0.15, 0.2) is 0 Å². The predicted octanol–water partition coefficient (Wildman–Crippen LogP) is 1.80. The number of carbonyl (C=O) groups is 2. The lowest BCUT2D eigenvalue weighted by Crippen LogP contribution is -2.53. The second-order valence-corrected chi connectivity index (χ2v) is 4.03. The highest BCUT2D eigenvalue weighted by atomic mass is 16.6. The lowest BCUT2D eigenvalue weighted by molar-refractivity contribution is -0.198. The van der Waals surface area contributed by atoms with Crippen molar-refractivity contribution in [3.05, 3.63) is 0 Å². The SMILES string of the molecule is O=C1OC(=O)C12CCCCCCC2. The van der Waals surface area contributed by atoms with Gasteiger partial charge < -0.3 is 4.74 Å². The molecule has 0 N–H and O–H groups in total. The van der Waals surface area contributed by atoms with Crippen molar-refractivity contribution in [3.8, 4) is 0 Å². The Bertz CT molecular complexity index is 221. The Kier molecular flexibility index (Phi) is 2.10.